The SMILES string of the molecule is C[C@H](NCC(=O)Nc1ccc(N(C)C)cc1)c1ccc(Cl)cc1Cl. The molecule has 0 bridgehead atoms. The minimum Gasteiger partial charge on any atom is -0.378 e. The molecule has 0 spiro atoms. The molecule has 4 nitrogen and oxygen atoms in total. The molecule has 0 saturated heterocycles. The van der Waals surface area contributed by atoms with Gasteiger partial charge in [-0.3, -0.25) is 4.79 Å². The van der Waals surface area contributed by atoms with Crippen LogP contribution in [0.2, 0.25) is 10.0 Å². The molecule has 24 heavy (non-hydrogen) atoms. The molecular weight excluding hydrogens is 345 g/mol. The number of rotatable bonds is 6. The molecule has 2 rings (SSSR count). The maximum atomic E-state index is 12.1. The summed E-state index contributed by atoms with van der Waals surface area (Å²) < 4.78 is 0. The molecule has 128 valence electrons. The van der Waals surface area contributed by atoms with Crippen molar-refractivity contribution in [2.45, 2.75) is 13.0 Å². The van der Waals surface area contributed by atoms with Crippen LogP contribution >= 0.6 is 23.2 Å². The normalized spacial score (nSPS) is 11.9. The largest absolute Gasteiger partial charge is 0.378 e. The molecule has 0 unspecified atom stereocenters. The fraction of sp³-hybridized carbons (Fsp3) is 0.278. The lowest BCUT2D eigenvalue weighted by atomic mass is 10.1. The maximum Gasteiger partial charge on any atom is 0.238 e. The molecule has 0 aliphatic heterocycles. The molecule has 0 aliphatic carbocycles. The topological polar surface area (TPSA) is 44.4 Å². The summed E-state index contributed by atoms with van der Waals surface area (Å²) in [6, 6.07) is 13.0. The van der Waals surface area contributed by atoms with Crippen molar-refractivity contribution < 1.29 is 4.79 Å². The van der Waals surface area contributed by atoms with E-state index in [1.54, 1.807) is 12.1 Å². The van der Waals surface area contributed by atoms with Crippen LogP contribution in [-0.4, -0.2) is 26.5 Å². The number of nitrogens with one attached hydrogen (secondary N) is 2. The lowest BCUT2D eigenvalue weighted by Crippen LogP contribution is -2.30. The Morgan fingerprint density at radius 3 is 2.38 bits per heavy atom. The minimum absolute atomic E-state index is 0.0587. The van der Waals surface area contributed by atoms with Crippen LogP contribution in [-0.2, 0) is 4.79 Å². The van der Waals surface area contributed by atoms with Gasteiger partial charge in [-0.25, -0.2) is 0 Å². The van der Waals surface area contributed by atoms with E-state index in [0.717, 1.165) is 16.9 Å². The van der Waals surface area contributed by atoms with Gasteiger partial charge < -0.3 is 15.5 Å². The third-order valence-corrected chi connectivity index (χ3v) is 4.23. The van der Waals surface area contributed by atoms with Crippen molar-refractivity contribution in [2.24, 2.45) is 0 Å². The number of carbonyl (C=O) groups excluding carboxylic acids is 1. The molecule has 2 aromatic rings. The van der Waals surface area contributed by atoms with Crippen molar-refractivity contribution in [3.63, 3.8) is 0 Å². The van der Waals surface area contributed by atoms with Gasteiger partial charge in [-0.05, 0) is 48.9 Å². The zero-order valence-electron chi connectivity index (χ0n) is 13.9. The molecular formula is C18H21Cl2N3O. The highest BCUT2D eigenvalue weighted by Gasteiger charge is 2.11. The number of nitrogens with zero attached hydrogens (tertiary/aromatic N) is 1. The lowest BCUT2D eigenvalue weighted by Gasteiger charge is -2.16. The van der Waals surface area contributed by atoms with Crippen LogP contribution in [0, 0.1) is 0 Å². The van der Waals surface area contributed by atoms with Gasteiger partial charge in [-0.15, -0.1) is 0 Å². The number of carbonyl (C=O) groups is 1. The summed E-state index contributed by atoms with van der Waals surface area (Å²) in [4.78, 5) is 14.1. The van der Waals surface area contributed by atoms with Gasteiger partial charge in [0.15, 0.2) is 0 Å². The summed E-state index contributed by atoms with van der Waals surface area (Å²) in [7, 11) is 3.95. The second-order valence-electron chi connectivity index (χ2n) is 5.76. The van der Waals surface area contributed by atoms with Gasteiger partial charge in [0.1, 0.15) is 0 Å². The monoisotopic (exact) mass is 365 g/mol. The van der Waals surface area contributed by atoms with Gasteiger partial charge in [0, 0.05) is 41.6 Å². The Labute approximate surface area is 152 Å². The predicted molar refractivity (Wildman–Crippen MR) is 102 cm³/mol. The Morgan fingerprint density at radius 2 is 1.79 bits per heavy atom. The van der Waals surface area contributed by atoms with Gasteiger partial charge in [-0.2, -0.15) is 0 Å². The summed E-state index contributed by atoms with van der Waals surface area (Å²) in [6.45, 7) is 2.14. The van der Waals surface area contributed by atoms with E-state index >= 15 is 0 Å². The number of benzene rings is 2. The number of anilines is 2. The molecule has 2 N–H and O–H groups in total. The fourth-order valence-corrected chi connectivity index (χ4v) is 2.83. The van der Waals surface area contributed by atoms with Crippen LogP contribution in [0.3, 0.4) is 0 Å². The maximum absolute atomic E-state index is 12.1. The van der Waals surface area contributed by atoms with E-state index in [2.05, 4.69) is 10.6 Å². The Kier molecular flexibility index (Phi) is 6.49. The molecule has 0 saturated carbocycles. The average Bonchev–Trinajstić information content (AvgIpc) is 2.53. The van der Waals surface area contributed by atoms with Crippen LogP contribution in [0.25, 0.3) is 0 Å². The molecule has 0 radical (unpaired) electrons. The summed E-state index contributed by atoms with van der Waals surface area (Å²) in [5, 5.41) is 7.20. The van der Waals surface area contributed by atoms with Gasteiger partial charge in [0.2, 0.25) is 5.91 Å². The van der Waals surface area contributed by atoms with E-state index in [1.165, 1.54) is 0 Å². The quantitative estimate of drug-likeness (QED) is 0.799. The number of hydrogen-bond acceptors (Lipinski definition) is 3. The number of amides is 1. The summed E-state index contributed by atoms with van der Waals surface area (Å²) in [6.07, 6.45) is 0. The molecule has 6 heteroatoms. The summed E-state index contributed by atoms with van der Waals surface area (Å²) in [5.74, 6) is -0.107. The third kappa shape index (κ3) is 5.13. The van der Waals surface area contributed by atoms with Gasteiger partial charge in [0.25, 0.3) is 0 Å². The minimum atomic E-state index is -0.107. The van der Waals surface area contributed by atoms with Crippen LogP contribution in [0.4, 0.5) is 11.4 Å². The van der Waals surface area contributed by atoms with E-state index in [9.17, 15) is 4.79 Å². The highest BCUT2D eigenvalue weighted by atomic mass is 35.5. The Bertz CT molecular complexity index is 702. The molecule has 0 aliphatic rings. The second-order valence-corrected chi connectivity index (χ2v) is 6.60. The lowest BCUT2D eigenvalue weighted by molar-refractivity contribution is -0.115. The number of hydrogen-bond donors (Lipinski definition) is 2. The van der Waals surface area contributed by atoms with Crippen molar-refractivity contribution in [3.05, 3.63) is 58.1 Å². The van der Waals surface area contributed by atoms with Crippen molar-refractivity contribution in [3.8, 4) is 0 Å². The van der Waals surface area contributed by atoms with E-state index in [-0.39, 0.29) is 18.5 Å². The molecule has 0 heterocycles. The summed E-state index contributed by atoms with van der Waals surface area (Å²) in [5.41, 5.74) is 2.76. The van der Waals surface area contributed by atoms with E-state index < -0.39 is 0 Å². The average molecular weight is 366 g/mol. The number of halogens is 2. The third-order valence-electron chi connectivity index (χ3n) is 3.67. The molecule has 0 fully saturated rings. The Balaban J connectivity index is 1.88. The van der Waals surface area contributed by atoms with Crippen molar-refractivity contribution >= 4 is 40.5 Å². The zero-order chi connectivity index (χ0) is 17.7. The molecule has 1 amide bonds. The van der Waals surface area contributed by atoms with Gasteiger partial charge >= 0.3 is 0 Å². The highest BCUT2D eigenvalue weighted by Crippen LogP contribution is 2.26. The van der Waals surface area contributed by atoms with Gasteiger partial charge in [0.05, 0.1) is 6.54 Å². The van der Waals surface area contributed by atoms with Crippen LogP contribution in [0.1, 0.15) is 18.5 Å². The second kappa shape index (κ2) is 8.38. The summed E-state index contributed by atoms with van der Waals surface area (Å²) >= 11 is 12.1. The zero-order valence-corrected chi connectivity index (χ0v) is 15.4. The molecule has 2 aromatic carbocycles. The van der Waals surface area contributed by atoms with Crippen molar-refractivity contribution in [1.29, 1.82) is 0 Å². The Hall–Kier alpha value is -1.75. The van der Waals surface area contributed by atoms with E-state index in [1.807, 2.05) is 56.3 Å². The van der Waals surface area contributed by atoms with Crippen molar-refractivity contribution in [2.75, 3.05) is 30.9 Å². The van der Waals surface area contributed by atoms with E-state index in [4.69, 9.17) is 23.2 Å². The van der Waals surface area contributed by atoms with Crippen molar-refractivity contribution in [1.82, 2.24) is 5.32 Å². The van der Waals surface area contributed by atoms with E-state index in [0.29, 0.717) is 10.0 Å². The van der Waals surface area contributed by atoms with Crippen LogP contribution in [0.15, 0.2) is 42.5 Å². The van der Waals surface area contributed by atoms with Crippen LogP contribution in [0.5, 0.6) is 0 Å². The first-order chi connectivity index (χ1) is 11.4. The van der Waals surface area contributed by atoms with Crippen LogP contribution < -0.4 is 15.5 Å². The van der Waals surface area contributed by atoms with Gasteiger partial charge in [-0.1, -0.05) is 29.3 Å². The highest BCUT2D eigenvalue weighted by molar-refractivity contribution is 6.35. The fourth-order valence-electron chi connectivity index (χ4n) is 2.26. The first kappa shape index (κ1) is 18.6. The molecule has 0 aromatic heterocycles. The predicted octanol–water partition coefficient (Wildman–Crippen LogP) is 4.35. The molecule has 1 atom stereocenters. The standard InChI is InChI=1S/C18H21Cl2N3O/c1-12(16-9-4-13(19)10-17(16)20)21-11-18(24)22-14-5-7-15(8-6-14)23(2)3/h4-10,12,21H,11H2,1-3H3,(H,22,24)/t12-/m0/s1. The Morgan fingerprint density at radius 1 is 1.12 bits per heavy atom. The first-order valence-electron chi connectivity index (χ1n) is 7.62. The first-order valence-corrected chi connectivity index (χ1v) is 8.38. The smallest absolute Gasteiger partial charge is 0.238 e.